The van der Waals surface area contributed by atoms with Crippen LogP contribution in [0.5, 0.6) is 0 Å². The molecule has 0 bridgehead atoms. The van der Waals surface area contributed by atoms with Crippen molar-refractivity contribution in [1.82, 2.24) is 10.2 Å². The molecule has 1 unspecified atom stereocenters. The van der Waals surface area contributed by atoms with Gasteiger partial charge in [0.15, 0.2) is 0 Å². The summed E-state index contributed by atoms with van der Waals surface area (Å²) >= 11 is 0. The predicted molar refractivity (Wildman–Crippen MR) is 97.6 cm³/mol. The lowest BCUT2D eigenvalue weighted by atomic mass is 9.97. The smallest absolute Gasteiger partial charge is 0.339 e. The number of carbonyl (C=O) groups excluding carboxylic acids is 3. The first kappa shape index (κ1) is 19.3. The second kappa shape index (κ2) is 7.67. The number of amides is 3. The SMILES string of the molecule is Cc1oc(CN(C)C(=O)c2ccc(CC3CC(=O)NC3=O)cc2)cc1C(=O)O. The number of rotatable bonds is 6. The molecule has 3 rings (SSSR count). The van der Waals surface area contributed by atoms with Crippen LogP contribution in [0.3, 0.4) is 0 Å². The third-order valence-corrected chi connectivity index (χ3v) is 4.69. The third kappa shape index (κ3) is 4.11. The van der Waals surface area contributed by atoms with Crippen LogP contribution in [0.15, 0.2) is 34.7 Å². The van der Waals surface area contributed by atoms with E-state index in [2.05, 4.69) is 5.32 Å². The number of imide groups is 1. The lowest BCUT2D eigenvalue weighted by Gasteiger charge is -2.16. The molecule has 28 heavy (non-hydrogen) atoms. The van der Waals surface area contributed by atoms with Crippen molar-refractivity contribution in [1.29, 1.82) is 0 Å². The number of hydrogen-bond donors (Lipinski definition) is 2. The van der Waals surface area contributed by atoms with E-state index in [9.17, 15) is 19.2 Å². The quantitative estimate of drug-likeness (QED) is 0.733. The van der Waals surface area contributed by atoms with Gasteiger partial charge in [0.2, 0.25) is 11.8 Å². The number of aromatic carboxylic acids is 1. The standard InChI is InChI=1S/C20H20N2O6/c1-11-16(20(26)27)9-15(28-11)10-22(2)19(25)13-5-3-12(4-6-13)7-14-8-17(23)21-18(14)24/h3-6,9,14H,7-8,10H2,1-2H3,(H,26,27)(H,21,23,24). The molecule has 0 spiro atoms. The Balaban J connectivity index is 1.63. The zero-order valence-electron chi connectivity index (χ0n) is 15.5. The van der Waals surface area contributed by atoms with Crippen LogP contribution in [0.4, 0.5) is 0 Å². The summed E-state index contributed by atoms with van der Waals surface area (Å²) in [7, 11) is 1.60. The summed E-state index contributed by atoms with van der Waals surface area (Å²) in [6, 6.07) is 8.27. The Labute approximate surface area is 161 Å². The number of nitrogens with zero attached hydrogens (tertiary/aromatic N) is 1. The summed E-state index contributed by atoms with van der Waals surface area (Å²) in [5, 5.41) is 11.4. The van der Waals surface area contributed by atoms with Gasteiger partial charge in [0, 0.05) is 19.0 Å². The van der Waals surface area contributed by atoms with Gasteiger partial charge in [0.05, 0.1) is 12.5 Å². The van der Waals surface area contributed by atoms with Gasteiger partial charge >= 0.3 is 5.97 Å². The summed E-state index contributed by atoms with van der Waals surface area (Å²) in [6.45, 7) is 1.70. The highest BCUT2D eigenvalue weighted by Crippen LogP contribution is 2.19. The molecule has 1 aliphatic heterocycles. The maximum atomic E-state index is 12.6. The number of furan rings is 1. The van der Waals surface area contributed by atoms with Crippen molar-refractivity contribution in [2.24, 2.45) is 5.92 Å². The van der Waals surface area contributed by atoms with E-state index in [1.165, 1.54) is 11.0 Å². The minimum absolute atomic E-state index is 0.0784. The first-order valence-electron chi connectivity index (χ1n) is 8.75. The zero-order chi connectivity index (χ0) is 20.4. The molecule has 1 aliphatic rings. The van der Waals surface area contributed by atoms with E-state index in [0.29, 0.717) is 23.5 Å². The van der Waals surface area contributed by atoms with Crippen LogP contribution in [-0.2, 0) is 22.6 Å². The van der Waals surface area contributed by atoms with Gasteiger partial charge in [-0.3, -0.25) is 19.7 Å². The van der Waals surface area contributed by atoms with E-state index < -0.39 is 5.97 Å². The fourth-order valence-electron chi connectivity index (χ4n) is 3.20. The molecule has 1 saturated heterocycles. The number of carbonyl (C=O) groups is 4. The van der Waals surface area contributed by atoms with Crippen LogP contribution in [0, 0.1) is 12.8 Å². The Hall–Kier alpha value is -3.42. The molecule has 3 amide bonds. The molecular weight excluding hydrogens is 364 g/mol. The first-order chi connectivity index (χ1) is 13.2. The monoisotopic (exact) mass is 384 g/mol. The highest BCUT2D eigenvalue weighted by molar-refractivity contribution is 6.03. The van der Waals surface area contributed by atoms with E-state index >= 15 is 0 Å². The Morgan fingerprint density at radius 1 is 1.25 bits per heavy atom. The fourth-order valence-corrected chi connectivity index (χ4v) is 3.20. The van der Waals surface area contributed by atoms with Crippen molar-refractivity contribution in [2.75, 3.05) is 7.05 Å². The molecule has 1 fully saturated rings. The van der Waals surface area contributed by atoms with Gasteiger partial charge in [-0.25, -0.2) is 4.79 Å². The number of hydrogen-bond acceptors (Lipinski definition) is 5. The topological polar surface area (TPSA) is 117 Å². The van der Waals surface area contributed by atoms with Gasteiger partial charge in [-0.1, -0.05) is 12.1 Å². The molecule has 2 aromatic rings. The highest BCUT2D eigenvalue weighted by atomic mass is 16.4. The summed E-state index contributed by atoms with van der Waals surface area (Å²) in [5.41, 5.74) is 1.40. The summed E-state index contributed by atoms with van der Waals surface area (Å²) in [4.78, 5) is 48.0. The van der Waals surface area contributed by atoms with Crippen LogP contribution in [0.2, 0.25) is 0 Å². The van der Waals surface area contributed by atoms with E-state index in [4.69, 9.17) is 9.52 Å². The molecule has 1 aromatic heterocycles. The lowest BCUT2D eigenvalue weighted by molar-refractivity contribution is -0.125. The van der Waals surface area contributed by atoms with Crippen LogP contribution in [0.1, 0.15) is 44.2 Å². The molecule has 1 aromatic carbocycles. The van der Waals surface area contributed by atoms with Gasteiger partial charge in [0.25, 0.3) is 5.91 Å². The lowest BCUT2D eigenvalue weighted by Crippen LogP contribution is -2.26. The number of carboxylic acid groups (broad SMARTS) is 1. The average molecular weight is 384 g/mol. The van der Waals surface area contributed by atoms with Gasteiger partial charge in [-0.2, -0.15) is 0 Å². The zero-order valence-corrected chi connectivity index (χ0v) is 15.5. The van der Waals surface area contributed by atoms with Gasteiger partial charge < -0.3 is 14.4 Å². The Bertz CT molecular complexity index is 944. The van der Waals surface area contributed by atoms with Gasteiger partial charge in [-0.15, -0.1) is 0 Å². The van der Waals surface area contributed by atoms with Crippen molar-refractivity contribution in [3.63, 3.8) is 0 Å². The van der Waals surface area contributed by atoms with Crippen molar-refractivity contribution in [3.8, 4) is 0 Å². The molecular formula is C20H20N2O6. The van der Waals surface area contributed by atoms with Crippen LogP contribution >= 0.6 is 0 Å². The third-order valence-electron chi connectivity index (χ3n) is 4.69. The van der Waals surface area contributed by atoms with Crippen molar-refractivity contribution in [3.05, 3.63) is 58.5 Å². The maximum absolute atomic E-state index is 12.6. The van der Waals surface area contributed by atoms with Crippen LogP contribution in [-0.4, -0.2) is 40.7 Å². The fraction of sp³-hybridized carbons (Fsp3) is 0.300. The molecule has 8 nitrogen and oxygen atoms in total. The number of aryl methyl sites for hydroxylation is 1. The minimum atomic E-state index is -1.07. The van der Waals surface area contributed by atoms with Gasteiger partial charge in [0.1, 0.15) is 17.1 Å². The van der Waals surface area contributed by atoms with Crippen molar-refractivity contribution < 1.29 is 28.7 Å². The number of benzene rings is 1. The molecule has 8 heteroatoms. The second-order valence-corrected chi connectivity index (χ2v) is 6.86. The Morgan fingerprint density at radius 2 is 1.93 bits per heavy atom. The van der Waals surface area contributed by atoms with Crippen molar-refractivity contribution in [2.45, 2.75) is 26.3 Å². The first-order valence-corrected chi connectivity index (χ1v) is 8.75. The predicted octanol–water partition coefficient (Wildman–Crippen LogP) is 1.76. The molecule has 2 N–H and O–H groups in total. The molecule has 0 aliphatic carbocycles. The molecule has 2 heterocycles. The number of nitrogens with one attached hydrogen (secondary N) is 1. The molecule has 0 saturated carbocycles. The van der Waals surface area contributed by atoms with E-state index in [1.807, 2.05) is 0 Å². The Morgan fingerprint density at radius 3 is 2.46 bits per heavy atom. The van der Waals surface area contributed by atoms with Gasteiger partial charge in [-0.05, 0) is 37.1 Å². The summed E-state index contributed by atoms with van der Waals surface area (Å²) < 4.78 is 5.40. The minimum Gasteiger partial charge on any atom is -0.478 e. The largest absolute Gasteiger partial charge is 0.478 e. The number of carboxylic acids is 1. The highest BCUT2D eigenvalue weighted by Gasteiger charge is 2.30. The van der Waals surface area contributed by atoms with Crippen molar-refractivity contribution >= 4 is 23.7 Å². The molecule has 1 atom stereocenters. The van der Waals surface area contributed by atoms with Crippen LogP contribution in [0.25, 0.3) is 0 Å². The Kier molecular flexibility index (Phi) is 5.30. The van der Waals surface area contributed by atoms with E-state index in [-0.39, 0.29) is 42.2 Å². The van der Waals surface area contributed by atoms with Crippen LogP contribution < -0.4 is 5.32 Å². The maximum Gasteiger partial charge on any atom is 0.339 e. The molecule has 146 valence electrons. The normalized spacial score (nSPS) is 16.1. The second-order valence-electron chi connectivity index (χ2n) is 6.86. The van der Waals surface area contributed by atoms with E-state index in [1.54, 1.807) is 38.2 Å². The average Bonchev–Trinajstić information content (AvgIpc) is 3.16. The summed E-state index contributed by atoms with van der Waals surface area (Å²) in [6.07, 6.45) is 0.620. The molecule has 0 radical (unpaired) electrons. The summed E-state index contributed by atoms with van der Waals surface area (Å²) in [5.74, 6) is -1.54. The van der Waals surface area contributed by atoms with E-state index in [0.717, 1.165) is 5.56 Å².